The lowest BCUT2D eigenvalue weighted by molar-refractivity contribution is 0.143. The van der Waals surface area contributed by atoms with Crippen molar-refractivity contribution in [3.8, 4) is 0 Å². The fourth-order valence-electron chi connectivity index (χ4n) is 1.94. The van der Waals surface area contributed by atoms with Crippen LogP contribution in [0, 0.1) is 5.82 Å². The van der Waals surface area contributed by atoms with Gasteiger partial charge in [-0.1, -0.05) is 18.2 Å². The van der Waals surface area contributed by atoms with Crippen molar-refractivity contribution in [3.05, 3.63) is 54.1 Å². The first-order valence-electron chi connectivity index (χ1n) is 6.30. The van der Waals surface area contributed by atoms with Gasteiger partial charge in [-0.05, 0) is 19.1 Å². The molecule has 0 fully saturated rings. The molecule has 2 N–H and O–H groups in total. The third kappa shape index (κ3) is 3.87. The average molecular weight is 263 g/mol. The number of rotatable bonds is 6. The van der Waals surface area contributed by atoms with Gasteiger partial charge in [-0.25, -0.2) is 4.39 Å². The highest BCUT2D eigenvalue weighted by molar-refractivity contribution is 5.20. The lowest BCUT2D eigenvalue weighted by Gasteiger charge is -2.18. The lowest BCUT2D eigenvalue weighted by atomic mass is 10.1. The van der Waals surface area contributed by atoms with Crippen molar-refractivity contribution in [1.29, 1.82) is 0 Å². The molecule has 0 amide bonds. The molecule has 1 heterocycles. The molecule has 0 radical (unpaired) electrons. The van der Waals surface area contributed by atoms with E-state index in [1.165, 1.54) is 6.07 Å². The van der Waals surface area contributed by atoms with Crippen LogP contribution in [-0.4, -0.2) is 27.5 Å². The average Bonchev–Trinajstić information content (AvgIpc) is 2.89. The first-order chi connectivity index (χ1) is 9.16. The summed E-state index contributed by atoms with van der Waals surface area (Å²) in [6, 6.07) is 8.31. The van der Waals surface area contributed by atoms with E-state index in [-0.39, 0.29) is 11.9 Å². The SMILES string of the molecule is C[C@@H](NCC(O)Cn1cccn1)c1ccccc1F. The van der Waals surface area contributed by atoms with Gasteiger partial charge in [0.1, 0.15) is 5.82 Å². The van der Waals surface area contributed by atoms with Crippen LogP contribution in [0.2, 0.25) is 0 Å². The van der Waals surface area contributed by atoms with Gasteiger partial charge in [-0.15, -0.1) is 0 Å². The second-order valence-corrected chi connectivity index (χ2v) is 4.53. The van der Waals surface area contributed by atoms with E-state index in [1.807, 2.05) is 13.0 Å². The summed E-state index contributed by atoms with van der Waals surface area (Å²) in [4.78, 5) is 0. The van der Waals surface area contributed by atoms with Crippen LogP contribution in [0.4, 0.5) is 4.39 Å². The molecule has 2 aromatic rings. The van der Waals surface area contributed by atoms with Gasteiger partial charge in [0.05, 0.1) is 12.6 Å². The third-order valence-electron chi connectivity index (χ3n) is 2.99. The van der Waals surface area contributed by atoms with Crippen LogP contribution < -0.4 is 5.32 Å². The Morgan fingerprint density at radius 3 is 2.84 bits per heavy atom. The number of aliphatic hydroxyl groups excluding tert-OH is 1. The fraction of sp³-hybridized carbons (Fsp3) is 0.357. The quantitative estimate of drug-likeness (QED) is 0.834. The van der Waals surface area contributed by atoms with Crippen molar-refractivity contribution >= 4 is 0 Å². The van der Waals surface area contributed by atoms with Crippen LogP contribution in [0.5, 0.6) is 0 Å². The maximum Gasteiger partial charge on any atom is 0.127 e. The lowest BCUT2D eigenvalue weighted by Crippen LogP contribution is -2.32. The monoisotopic (exact) mass is 263 g/mol. The van der Waals surface area contributed by atoms with E-state index >= 15 is 0 Å². The van der Waals surface area contributed by atoms with Crippen LogP contribution >= 0.6 is 0 Å². The Balaban J connectivity index is 1.83. The molecular formula is C14H18FN3O. The third-order valence-corrected chi connectivity index (χ3v) is 2.99. The van der Waals surface area contributed by atoms with Gasteiger partial charge in [0.25, 0.3) is 0 Å². The molecule has 1 unspecified atom stereocenters. The van der Waals surface area contributed by atoms with E-state index in [4.69, 9.17) is 0 Å². The van der Waals surface area contributed by atoms with Crippen LogP contribution in [0.3, 0.4) is 0 Å². The van der Waals surface area contributed by atoms with Gasteiger partial charge in [0.2, 0.25) is 0 Å². The predicted molar refractivity (Wildman–Crippen MR) is 71.1 cm³/mol. The minimum absolute atomic E-state index is 0.145. The van der Waals surface area contributed by atoms with Gasteiger partial charge in [0.15, 0.2) is 0 Å². The van der Waals surface area contributed by atoms with Gasteiger partial charge in [0, 0.05) is 30.5 Å². The zero-order valence-corrected chi connectivity index (χ0v) is 10.8. The summed E-state index contributed by atoms with van der Waals surface area (Å²) in [5, 5.41) is 17.0. The van der Waals surface area contributed by atoms with Crippen molar-refractivity contribution in [2.45, 2.75) is 25.6 Å². The van der Waals surface area contributed by atoms with Gasteiger partial charge in [-0.3, -0.25) is 4.68 Å². The molecule has 0 saturated carbocycles. The number of benzene rings is 1. The Hall–Kier alpha value is -1.72. The molecule has 0 spiro atoms. The van der Waals surface area contributed by atoms with Crippen LogP contribution in [0.25, 0.3) is 0 Å². The number of hydrogen-bond acceptors (Lipinski definition) is 3. The fourth-order valence-corrected chi connectivity index (χ4v) is 1.94. The summed E-state index contributed by atoms with van der Waals surface area (Å²) in [6.07, 6.45) is 2.90. The van der Waals surface area contributed by atoms with E-state index in [0.717, 1.165) is 0 Å². The molecular weight excluding hydrogens is 245 g/mol. The maximum atomic E-state index is 13.6. The number of halogens is 1. The molecule has 4 nitrogen and oxygen atoms in total. The minimum atomic E-state index is -0.561. The van der Waals surface area contributed by atoms with Crippen LogP contribution in [0.1, 0.15) is 18.5 Å². The molecule has 19 heavy (non-hydrogen) atoms. The van der Waals surface area contributed by atoms with Gasteiger partial charge in [-0.2, -0.15) is 5.10 Å². The van der Waals surface area contributed by atoms with Crippen molar-refractivity contribution < 1.29 is 9.50 Å². The van der Waals surface area contributed by atoms with Crippen molar-refractivity contribution in [2.75, 3.05) is 6.54 Å². The molecule has 1 aromatic carbocycles. The van der Waals surface area contributed by atoms with Crippen molar-refractivity contribution in [3.63, 3.8) is 0 Å². The molecule has 0 bridgehead atoms. The normalized spacial score (nSPS) is 14.3. The second-order valence-electron chi connectivity index (χ2n) is 4.53. The molecule has 1 aromatic heterocycles. The molecule has 0 aliphatic carbocycles. The molecule has 0 aliphatic heterocycles. The van der Waals surface area contributed by atoms with Crippen molar-refractivity contribution in [2.24, 2.45) is 0 Å². The first-order valence-corrected chi connectivity index (χ1v) is 6.30. The van der Waals surface area contributed by atoms with Crippen molar-refractivity contribution in [1.82, 2.24) is 15.1 Å². The molecule has 2 atom stereocenters. The summed E-state index contributed by atoms with van der Waals surface area (Å²) >= 11 is 0. The molecule has 2 rings (SSSR count). The van der Waals surface area contributed by atoms with E-state index < -0.39 is 6.10 Å². The van der Waals surface area contributed by atoms with Gasteiger partial charge >= 0.3 is 0 Å². The minimum Gasteiger partial charge on any atom is -0.390 e. The van der Waals surface area contributed by atoms with Crippen LogP contribution in [0.15, 0.2) is 42.7 Å². The summed E-state index contributed by atoms with van der Waals surface area (Å²) in [5.74, 6) is -0.232. The number of nitrogens with one attached hydrogen (secondary N) is 1. The first kappa shape index (κ1) is 13.7. The molecule has 0 aliphatic rings. The van der Waals surface area contributed by atoms with E-state index in [0.29, 0.717) is 18.7 Å². The Bertz CT molecular complexity index is 501. The zero-order valence-electron chi connectivity index (χ0n) is 10.8. The summed E-state index contributed by atoms with van der Waals surface area (Å²) in [5.41, 5.74) is 0.605. The summed E-state index contributed by atoms with van der Waals surface area (Å²) in [6.45, 7) is 2.68. The zero-order chi connectivity index (χ0) is 13.7. The predicted octanol–water partition coefficient (Wildman–Crippen LogP) is 1.73. The highest BCUT2D eigenvalue weighted by Crippen LogP contribution is 2.15. The molecule has 102 valence electrons. The summed E-state index contributed by atoms with van der Waals surface area (Å²) < 4.78 is 15.2. The highest BCUT2D eigenvalue weighted by Gasteiger charge is 2.12. The Labute approximate surface area is 111 Å². The Morgan fingerprint density at radius 1 is 1.37 bits per heavy atom. The summed E-state index contributed by atoms with van der Waals surface area (Å²) in [7, 11) is 0. The number of nitrogens with zero attached hydrogens (tertiary/aromatic N) is 2. The topological polar surface area (TPSA) is 50.1 Å². The van der Waals surface area contributed by atoms with E-state index in [1.54, 1.807) is 35.3 Å². The standard InChI is InChI=1S/C14H18FN3O/c1-11(13-5-2-3-6-14(13)15)16-9-12(19)10-18-8-4-7-17-18/h2-8,11-12,16,19H,9-10H2,1H3/t11-,12?/m1/s1. The van der Waals surface area contributed by atoms with Gasteiger partial charge < -0.3 is 10.4 Å². The van der Waals surface area contributed by atoms with E-state index in [2.05, 4.69) is 10.4 Å². The Morgan fingerprint density at radius 2 is 2.16 bits per heavy atom. The smallest absolute Gasteiger partial charge is 0.127 e. The van der Waals surface area contributed by atoms with E-state index in [9.17, 15) is 9.50 Å². The van der Waals surface area contributed by atoms with Crippen LogP contribution in [-0.2, 0) is 6.54 Å². The molecule has 5 heteroatoms. The second kappa shape index (κ2) is 6.45. The maximum absolute atomic E-state index is 13.6. The molecule has 0 saturated heterocycles. The highest BCUT2D eigenvalue weighted by atomic mass is 19.1. The number of hydrogen-bond donors (Lipinski definition) is 2. The number of aliphatic hydroxyl groups is 1. The largest absolute Gasteiger partial charge is 0.390 e. The Kier molecular flexibility index (Phi) is 4.65. The number of aromatic nitrogens is 2.